The van der Waals surface area contributed by atoms with Gasteiger partial charge in [-0.25, -0.2) is 0 Å². The van der Waals surface area contributed by atoms with Crippen LogP contribution in [0.15, 0.2) is 0 Å². The second kappa shape index (κ2) is 4.49. The number of hydrogen-bond acceptors (Lipinski definition) is 3. The molecule has 2 fully saturated rings. The van der Waals surface area contributed by atoms with Crippen LogP contribution in [-0.4, -0.2) is 50.7 Å². The summed E-state index contributed by atoms with van der Waals surface area (Å²) in [4.78, 5) is 13.6. The molecule has 0 aliphatic carbocycles. The van der Waals surface area contributed by atoms with Gasteiger partial charge in [-0.2, -0.15) is 0 Å². The Balaban J connectivity index is 1.90. The molecule has 0 aromatic heterocycles. The van der Waals surface area contributed by atoms with Crippen molar-refractivity contribution in [2.45, 2.75) is 19.3 Å². The fraction of sp³-hybridized carbons (Fsp3) is 0.909. The number of piperidine rings is 1. The topological polar surface area (TPSA) is 41.6 Å². The molecule has 0 saturated carbocycles. The quantitative estimate of drug-likeness (QED) is 0.712. The zero-order chi connectivity index (χ0) is 10.7. The number of carbonyl (C=O) groups is 1. The summed E-state index contributed by atoms with van der Waals surface area (Å²) in [5, 5.41) is 3.44. The summed E-state index contributed by atoms with van der Waals surface area (Å²) in [5.74, 6) is 0.139. The van der Waals surface area contributed by atoms with Gasteiger partial charge in [0.15, 0.2) is 0 Å². The predicted molar refractivity (Wildman–Crippen MR) is 57.6 cm³/mol. The standard InChI is InChI=1S/C11H20N2O2/c1-15-7-10(14)13-6-4-11(9-13)3-2-5-12-8-11/h12H,2-9H2,1H3. The van der Waals surface area contributed by atoms with E-state index < -0.39 is 0 Å². The van der Waals surface area contributed by atoms with Gasteiger partial charge in [0.25, 0.3) is 0 Å². The van der Waals surface area contributed by atoms with E-state index in [0.29, 0.717) is 5.41 Å². The Hall–Kier alpha value is -0.610. The number of methoxy groups -OCH3 is 1. The fourth-order valence-electron chi connectivity index (χ4n) is 2.74. The molecule has 0 aromatic rings. The van der Waals surface area contributed by atoms with Gasteiger partial charge in [-0.1, -0.05) is 0 Å². The Morgan fingerprint density at radius 3 is 3.07 bits per heavy atom. The number of amides is 1. The van der Waals surface area contributed by atoms with Crippen LogP contribution in [0.3, 0.4) is 0 Å². The molecule has 2 heterocycles. The maximum atomic E-state index is 11.7. The van der Waals surface area contributed by atoms with Crippen molar-refractivity contribution in [1.82, 2.24) is 10.2 Å². The number of likely N-dealkylation sites (tertiary alicyclic amines) is 1. The Morgan fingerprint density at radius 1 is 1.53 bits per heavy atom. The molecule has 0 aromatic carbocycles. The summed E-state index contributed by atoms with van der Waals surface area (Å²) in [6.45, 7) is 4.26. The zero-order valence-electron chi connectivity index (χ0n) is 9.42. The third-order valence-electron chi connectivity index (χ3n) is 3.62. The predicted octanol–water partition coefficient (Wildman–Crippen LogP) is 0.235. The van der Waals surface area contributed by atoms with Crippen molar-refractivity contribution < 1.29 is 9.53 Å². The first-order valence-corrected chi connectivity index (χ1v) is 5.73. The highest BCUT2D eigenvalue weighted by Gasteiger charge is 2.40. The number of nitrogens with zero attached hydrogens (tertiary/aromatic N) is 1. The number of nitrogens with one attached hydrogen (secondary N) is 1. The van der Waals surface area contributed by atoms with Crippen LogP contribution in [0.2, 0.25) is 0 Å². The maximum absolute atomic E-state index is 11.7. The molecular formula is C11H20N2O2. The van der Waals surface area contributed by atoms with Crippen LogP contribution < -0.4 is 5.32 Å². The van der Waals surface area contributed by atoms with Crippen LogP contribution in [0.25, 0.3) is 0 Å². The SMILES string of the molecule is COCC(=O)N1CCC2(CCCNC2)C1. The molecule has 2 saturated heterocycles. The van der Waals surface area contributed by atoms with Crippen LogP contribution in [0.1, 0.15) is 19.3 Å². The molecule has 1 unspecified atom stereocenters. The highest BCUT2D eigenvalue weighted by Crippen LogP contribution is 2.36. The number of hydrogen-bond donors (Lipinski definition) is 1. The highest BCUT2D eigenvalue weighted by atomic mass is 16.5. The summed E-state index contributed by atoms with van der Waals surface area (Å²) in [5.41, 5.74) is 0.363. The smallest absolute Gasteiger partial charge is 0.248 e. The second-order valence-corrected chi connectivity index (χ2v) is 4.78. The van der Waals surface area contributed by atoms with Gasteiger partial charge in [0.1, 0.15) is 6.61 Å². The van der Waals surface area contributed by atoms with Gasteiger partial charge in [-0.15, -0.1) is 0 Å². The Morgan fingerprint density at radius 2 is 2.40 bits per heavy atom. The van der Waals surface area contributed by atoms with Gasteiger partial charge in [0, 0.05) is 32.2 Å². The molecule has 1 amide bonds. The van der Waals surface area contributed by atoms with Crippen molar-refractivity contribution in [1.29, 1.82) is 0 Å². The molecule has 1 spiro atoms. The summed E-state index contributed by atoms with van der Waals surface area (Å²) in [6, 6.07) is 0. The van der Waals surface area contributed by atoms with E-state index in [1.165, 1.54) is 12.8 Å². The van der Waals surface area contributed by atoms with Crippen LogP contribution in [-0.2, 0) is 9.53 Å². The zero-order valence-corrected chi connectivity index (χ0v) is 9.42. The van der Waals surface area contributed by atoms with Crippen molar-refractivity contribution >= 4 is 5.91 Å². The fourth-order valence-corrected chi connectivity index (χ4v) is 2.74. The first-order valence-electron chi connectivity index (χ1n) is 5.73. The van der Waals surface area contributed by atoms with E-state index >= 15 is 0 Å². The van der Waals surface area contributed by atoms with Crippen LogP contribution >= 0.6 is 0 Å². The normalized spacial score (nSPS) is 31.1. The van der Waals surface area contributed by atoms with Crippen LogP contribution in [0.5, 0.6) is 0 Å². The first-order chi connectivity index (χ1) is 7.26. The molecule has 1 atom stereocenters. The Bertz CT molecular complexity index is 237. The van der Waals surface area contributed by atoms with E-state index in [0.717, 1.165) is 32.6 Å². The minimum atomic E-state index is 0.139. The average Bonchev–Trinajstić information content (AvgIpc) is 2.64. The van der Waals surface area contributed by atoms with E-state index in [-0.39, 0.29) is 12.5 Å². The van der Waals surface area contributed by atoms with Crippen molar-refractivity contribution in [2.75, 3.05) is 39.9 Å². The molecule has 1 N–H and O–H groups in total. The monoisotopic (exact) mass is 212 g/mol. The second-order valence-electron chi connectivity index (χ2n) is 4.78. The Labute approximate surface area is 91.0 Å². The van der Waals surface area contributed by atoms with Gasteiger partial charge in [0.05, 0.1) is 0 Å². The molecule has 86 valence electrons. The molecule has 15 heavy (non-hydrogen) atoms. The number of ether oxygens (including phenoxy) is 1. The van der Waals surface area contributed by atoms with E-state index in [1.807, 2.05) is 4.90 Å². The van der Waals surface area contributed by atoms with Gasteiger partial charge >= 0.3 is 0 Å². The summed E-state index contributed by atoms with van der Waals surface area (Å²) >= 11 is 0. The molecular weight excluding hydrogens is 192 g/mol. The number of rotatable bonds is 2. The molecule has 2 aliphatic heterocycles. The molecule has 0 bridgehead atoms. The van der Waals surface area contributed by atoms with Gasteiger partial charge in [-0.3, -0.25) is 4.79 Å². The van der Waals surface area contributed by atoms with E-state index in [9.17, 15) is 4.79 Å². The molecule has 0 radical (unpaired) electrons. The van der Waals surface area contributed by atoms with Crippen LogP contribution in [0.4, 0.5) is 0 Å². The summed E-state index contributed by atoms with van der Waals surface area (Å²) < 4.78 is 4.88. The minimum Gasteiger partial charge on any atom is -0.375 e. The average molecular weight is 212 g/mol. The van der Waals surface area contributed by atoms with Crippen LogP contribution in [0, 0.1) is 5.41 Å². The molecule has 4 heteroatoms. The van der Waals surface area contributed by atoms with E-state index in [2.05, 4.69) is 5.32 Å². The lowest BCUT2D eigenvalue weighted by Gasteiger charge is -2.33. The summed E-state index contributed by atoms with van der Waals surface area (Å²) in [7, 11) is 1.58. The lowest BCUT2D eigenvalue weighted by atomic mass is 9.80. The van der Waals surface area contributed by atoms with Crippen molar-refractivity contribution in [3.63, 3.8) is 0 Å². The molecule has 2 aliphatic rings. The third kappa shape index (κ3) is 2.32. The van der Waals surface area contributed by atoms with Crippen molar-refractivity contribution in [2.24, 2.45) is 5.41 Å². The summed E-state index contributed by atoms with van der Waals surface area (Å²) in [6.07, 6.45) is 3.65. The highest BCUT2D eigenvalue weighted by molar-refractivity contribution is 5.77. The van der Waals surface area contributed by atoms with E-state index in [1.54, 1.807) is 7.11 Å². The first kappa shape index (κ1) is 10.9. The molecule has 2 rings (SSSR count). The van der Waals surface area contributed by atoms with Crippen molar-refractivity contribution in [3.8, 4) is 0 Å². The lowest BCUT2D eigenvalue weighted by Crippen LogP contribution is -2.43. The van der Waals surface area contributed by atoms with Crippen molar-refractivity contribution in [3.05, 3.63) is 0 Å². The third-order valence-corrected chi connectivity index (χ3v) is 3.62. The van der Waals surface area contributed by atoms with Gasteiger partial charge in [0.2, 0.25) is 5.91 Å². The molecule has 4 nitrogen and oxygen atoms in total. The maximum Gasteiger partial charge on any atom is 0.248 e. The van der Waals surface area contributed by atoms with E-state index in [4.69, 9.17) is 4.74 Å². The van der Waals surface area contributed by atoms with Gasteiger partial charge in [-0.05, 0) is 25.8 Å². The minimum absolute atomic E-state index is 0.139. The largest absolute Gasteiger partial charge is 0.375 e. The number of carbonyl (C=O) groups excluding carboxylic acids is 1. The Kier molecular flexibility index (Phi) is 3.26. The van der Waals surface area contributed by atoms with Gasteiger partial charge < -0.3 is 15.0 Å². The lowest BCUT2D eigenvalue weighted by molar-refractivity contribution is -0.134.